The molecule has 7 heteroatoms. The molecule has 1 aromatic carbocycles. The average Bonchev–Trinajstić information content (AvgIpc) is 3.08. The number of benzene rings is 1. The molecular formula is C16H21ClN2O2S2. The van der Waals surface area contributed by atoms with Crippen LogP contribution in [0.4, 0.5) is 0 Å². The molecule has 0 spiro atoms. The van der Waals surface area contributed by atoms with E-state index < -0.39 is 0 Å². The van der Waals surface area contributed by atoms with Gasteiger partial charge in [0.2, 0.25) is 5.91 Å². The molecule has 23 heavy (non-hydrogen) atoms. The Hall–Kier alpha value is -0.980. The Morgan fingerprint density at radius 1 is 1.35 bits per heavy atom. The standard InChI is InChI=1S/C16H21ClN2O2S2/c1-18(10-11-21-14-6-4-13(17)5-7-14)15(20)12-23-16(22)19-8-2-3-9-19/h4-7H,2-3,8-12H2,1H3. The van der Waals surface area contributed by atoms with Crippen molar-refractivity contribution in [3.63, 3.8) is 0 Å². The van der Waals surface area contributed by atoms with Crippen LogP contribution in [0.2, 0.25) is 5.02 Å². The van der Waals surface area contributed by atoms with Gasteiger partial charge in [-0.1, -0.05) is 35.6 Å². The lowest BCUT2D eigenvalue weighted by Crippen LogP contribution is -2.33. The van der Waals surface area contributed by atoms with Crippen molar-refractivity contribution in [2.24, 2.45) is 0 Å². The van der Waals surface area contributed by atoms with Crippen LogP contribution in [0.15, 0.2) is 24.3 Å². The van der Waals surface area contributed by atoms with Gasteiger partial charge >= 0.3 is 0 Å². The highest BCUT2D eigenvalue weighted by atomic mass is 35.5. The number of likely N-dealkylation sites (N-methyl/N-ethyl adjacent to an activating group) is 1. The predicted octanol–water partition coefficient (Wildman–Crippen LogP) is 3.29. The molecule has 1 amide bonds. The van der Waals surface area contributed by atoms with Crippen LogP contribution < -0.4 is 4.74 Å². The minimum absolute atomic E-state index is 0.0660. The molecule has 126 valence electrons. The molecular weight excluding hydrogens is 352 g/mol. The van der Waals surface area contributed by atoms with Crippen LogP contribution in [-0.2, 0) is 4.79 Å². The minimum atomic E-state index is 0.0660. The van der Waals surface area contributed by atoms with E-state index in [1.165, 1.54) is 24.6 Å². The molecule has 1 heterocycles. The van der Waals surface area contributed by atoms with Crippen molar-refractivity contribution in [1.29, 1.82) is 0 Å². The largest absolute Gasteiger partial charge is 0.492 e. The first-order chi connectivity index (χ1) is 11.1. The van der Waals surface area contributed by atoms with Gasteiger partial charge in [0.1, 0.15) is 16.7 Å². The van der Waals surface area contributed by atoms with Crippen molar-refractivity contribution in [3.8, 4) is 5.75 Å². The van der Waals surface area contributed by atoms with E-state index in [2.05, 4.69) is 4.90 Å². The highest BCUT2D eigenvalue weighted by Gasteiger charge is 2.17. The lowest BCUT2D eigenvalue weighted by molar-refractivity contribution is -0.127. The number of hydrogen-bond acceptors (Lipinski definition) is 4. The van der Waals surface area contributed by atoms with Gasteiger partial charge in [0.15, 0.2) is 0 Å². The number of nitrogens with zero attached hydrogens (tertiary/aromatic N) is 2. The van der Waals surface area contributed by atoms with Crippen molar-refractivity contribution in [1.82, 2.24) is 9.80 Å². The third-order valence-corrected chi connectivity index (χ3v) is 5.38. The van der Waals surface area contributed by atoms with Crippen molar-refractivity contribution >= 4 is 45.8 Å². The van der Waals surface area contributed by atoms with Gasteiger partial charge in [-0.3, -0.25) is 4.79 Å². The predicted molar refractivity (Wildman–Crippen MR) is 100 cm³/mol. The second-order valence-electron chi connectivity index (χ2n) is 5.37. The Labute approximate surface area is 152 Å². The Morgan fingerprint density at radius 2 is 2.00 bits per heavy atom. The SMILES string of the molecule is CN(CCOc1ccc(Cl)cc1)C(=O)CSC(=S)N1CCCC1. The topological polar surface area (TPSA) is 32.8 Å². The van der Waals surface area contributed by atoms with Gasteiger partial charge in [0.25, 0.3) is 0 Å². The zero-order valence-electron chi connectivity index (χ0n) is 13.2. The van der Waals surface area contributed by atoms with Crippen LogP contribution in [0, 0.1) is 0 Å². The van der Waals surface area contributed by atoms with E-state index in [0.29, 0.717) is 23.9 Å². The first-order valence-electron chi connectivity index (χ1n) is 7.60. The third-order valence-electron chi connectivity index (χ3n) is 3.62. The van der Waals surface area contributed by atoms with E-state index in [1.807, 2.05) is 12.1 Å². The summed E-state index contributed by atoms with van der Waals surface area (Å²) in [4.78, 5) is 16.0. The molecule has 1 fully saturated rings. The molecule has 0 atom stereocenters. The van der Waals surface area contributed by atoms with Gasteiger partial charge in [0, 0.05) is 25.2 Å². The third kappa shape index (κ3) is 6.20. The van der Waals surface area contributed by atoms with Crippen molar-refractivity contribution in [2.45, 2.75) is 12.8 Å². The summed E-state index contributed by atoms with van der Waals surface area (Å²) in [5.41, 5.74) is 0. The van der Waals surface area contributed by atoms with E-state index in [1.54, 1.807) is 24.1 Å². The minimum Gasteiger partial charge on any atom is -0.492 e. The first-order valence-corrected chi connectivity index (χ1v) is 9.37. The highest BCUT2D eigenvalue weighted by molar-refractivity contribution is 8.23. The van der Waals surface area contributed by atoms with E-state index in [9.17, 15) is 4.79 Å². The van der Waals surface area contributed by atoms with Gasteiger partial charge in [-0.2, -0.15) is 0 Å². The number of likely N-dealkylation sites (tertiary alicyclic amines) is 1. The van der Waals surface area contributed by atoms with E-state index >= 15 is 0 Å². The summed E-state index contributed by atoms with van der Waals surface area (Å²) < 4.78 is 6.43. The van der Waals surface area contributed by atoms with Gasteiger partial charge in [-0.05, 0) is 37.1 Å². The molecule has 1 aliphatic heterocycles. The van der Waals surface area contributed by atoms with Crippen LogP contribution in [0.5, 0.6) is 5.75 Å². The van der Waals surface area contributed by atoms with E-state index in [-0.39, 0.29) is 5.91 Å². The Bertz CT molecular complexity index is 533. The first kappa shape index (κ1) is 18.4. The molecule has 1 aliphatic rings. The molecule has 0 bridgehead atoms. The molecule has 0 saturated carbocycles. The number of thiocarbonyl (C=S) groups is 1. The zero-order valence-corrected chi connectivity index (χ0v) is 15.6. The molecule has 0 aromatic heterocycles. The number of thioether (sulfide) groups is 1. The number of halogens is 1. The Kier molecular flexibility index (Phi) is 7.46. The van der Waals surface area contributed by atoms with E-state index in [4.69, 9.17) is 28.6 Å². The van der Waals surface area contributed by atoms with Crippen LogP contribution in [0.3, 0.4) is 0 Å². The quantitative estimate of drug-likeness (QED) is 0.715. The average molecular weight is 373 g/mol. The summed E-state index contributed by atoms with van der Waals surface area (Å²) in [6.45, 7) is 3.03. The Morgan fingerprint density at radius 3 is 2.65 bits per heavy atom. The van der Waals surface area contributed by atoms with Crippen LogP contribution in [0.25, 0.3) is 0 Å². The molecule has 2 rings (SSSR count). The monoisotopic (exact) mass is 372 g/mol. The maximum Gasteiger partial charge on any atom is 0.232 e. The molecule has 0 aliphatic carbocycles. The Balaban J connectivity index is 1.64. The van der Waals surface area contributed by atoms with Gasteiger partial charge in [-0.15, -0.1) is 0 Å². The second kappa shape index (κ2) is 9.35. The summed E-state index contributed by atoms with van der Waals surface area (Å²) in [6, 6.07) is 7.19. The normalized spacial score (nSPS) is 13.9. The van der Waals surface area contributed by atoms with E-state index in [0.717, 1.165) is 23.2 Å². The molecule has 4 nitrogen and oxygen atoms in total. The highest BCUT2D eigenvalue weighted by Crippen LogP contribution is 2.17. The number of rotatable bonds is 6. The summed E-state index contributed by atoms with van der Waals surface area (Å²) in [7, 11) is 1.78. The molecule has 1 aromatic rings. The van der Waals surface area contributed by atoms with Crippen molar-refractivity contribution in [3.05, 3.63) is 29.3 Å². The lowest BCUT2D eigenvalue weighted by atomic mass is 10.3. The number of ether oxygens (including phenoxy) is 1. The summed E-state index contributed by atoms with van der Waals surface area (Å²) in [5, 5.41) is 0.677. The molecule has 0 N–H and O–H groups in total. The zero-order chi connectivity index (χ0) is 16.7. The molecule has 1 saturated heterocycles. The van der Waals surface area contributed by atoms with Crippen LogP contribution in [0.1, 0.15) is 12.8 Å². The van der Waals surface area contributed by atoms with Crippen molar-refractivity contribution in [2.75, 3.05) is 39.0 Å². The van der Waals surface area contributed by atoms with Crippen LogP contribution in [-0.4, -0.2) is 59.1 Å². The number of hydrogen-bond donors (Lipinski definition) is 0. The summed E-state index contributed by atoms with van der Waals surface area (Å²) in [5.74, 6) is 1.20. The molecule has 0 radical (unpaired) electrons. The van der Waals surface area contributed by atoms with Gasteiger partial charge in [0.05, 0.1) is 12.3 Å². The van der Waals surface area contributed by atoms with Gasteiger partial charge < -0.3 is 14.5 Å². The maximum atomic E-state index is 12.1. The molecule has 0 unspecified atom stereocenters. The fourth-order valence-corrected chi connectivity index (χ4v) is 3.50. The lowest BCUT2D eigenvalue weighted by Gasteiger charge is -2.20. The number of carbonyl (C=O) groups excluding carboxylic acids is 1. The number of amides is 1. The second-order valence-corrected chi connectivity index (χ2v) is 7.41. The van der Waals surface area contributed by atoms with Crippen LogP contribution >= 0.6 is 35.6 Å². The van der Waals surface area contributed by atoms with Gasteiger partial charge in [-0.25, -0.2) is 0 Å². The summed E-state index contributed by atoms with van der Waals surface area (Å²) >= 11 is 12.6. The van der Waals surface area contributed by atoms with Crippen molar-refractivity contribution < 1.29 is 9.53 Å². The summed E-state index contributed by atoms with van der Waals surface area (Å²) in [6.07, 6.45) is 2.38. The number of carbonyl (C=O) groups is 1. The fraction of sp³-hybridized carbons (Fsp3) is 0.500. The maximum absolute atomic E-state index is 12.1. The smallest absolute Gasteiger partial charge is 0.232 e. The fourth-order valence-electron chi connectivity index (χ4n) is 2.18.